The Morgan fingerprint density at radius 1 is 1.04 bits per heavy atom. The van der Waals surface area contributed by atoms with Gasteiger partial charge in [-0.3, -0.25) is 4.90 Å². The average Bonchev–Trinajstić information content (AvgIpc) is 2.57. The summed E-state index contributed by atoms with van der Waals surface area (Å²) >= 11 is 0. The maximum atomic E-state index is 12.1. The lowest BCUT2D eigenvalue weighted by Gasteiger charge is -2.49. The zero-order chi connectivity index (χ0) is 16.3. The predicted molar refractivity (Wildman–Crippen MR) is 93.4 cm³/mol. The molecule has 3 aliphatic rings. The lowest BCUT2D eigenvalue weighted by molar-refractivity contribution is 0.0196. The number of nitrogens with zero attached hydrogens (tertiary/aromatic N) is 2. The third kappa shape index (κ3) is 3.82. The molecule has 2 heterocycles. The van der Waals surface area contributed by atoms with E-state index in [0.29, 0.717) is 17.6 Å². The first kappa shape index (κ1) is 17.0. The minimum atomic E-state index is -0.191. The largest absolute Gasteiger partial charge is 0.351 e. The van der Waals surface area contributed by atoms with E-state index in [1.807, 2.05) is 0 Å². The first-order chi connectivity index (χ1) is 11.1. The highest BCUT2D eigenvalue weighted by atomic mass is 16.2. The molecule has 23 heavy (non-hydrogen) atoms. The van der Waals surface area contributed by atoms with E-state index in [9.17, 15) is 4.79 Å². The number of carbonyl (C=O) groups is 1. The molecule has 5 heteroatoms. The SMILES string of the molecule is CC1(N2CCC(N(C(N)=O)C3CCCCC3)CC2)CCNCC1. The summed E-state index contributed by atoms with van der Waals surface area (Å²) in [7, 11) is 0. The number of nitrogens with two attached hydrogens (primary N) is 1. The fourth-order valence-corrected chi connectivity index (χ4v) is 4.98. The van der Waals surface area contributed by atoms with Crippen LogP contribution in [0.4, 0.5) is 4.79 Å². The van der Waals surface area contributed by atoms with Crippen LogP contribution in [0.2, 0.25) is 0 Å². The van der Waals surface area contributed by atoms with Gasteiger partial charge in [-0.15, -0.1) is 0 Å². The number of piperidine rings is 2. The summed E-state index contributed by atoms with van der Waals surface area (Å²) in [5, 5.41) is 3.47. The Morgan fingerprint density at radius 3 is 2.17 bits per heavy atom. The Balaban J connectivity index is 1.58. The van der Waals surface area contributed by atoms with E-state index in [-0.39, 0.29) is 6.03 Å². The van der Waals surface area contributed by atoms with Crippen LogP contribution in [0.25, 0.3) is 0 Å². The molecule has 0 aromatic heterocycles. The van der Waals surface area contributed by atoms with Crippen LogP contribution in [0.5, 0.6) is 0 Å². The van der Waals surface area contributed by atoms with Crippen LogP contribution in [0.15, 0.2) is 0 Å². The summed E-state index contributed by atoms with van der Waals surface area (Å²) in [4.78, 5) is 16.8. The highest BCUT2D eigenvalue weighted by Crippen LogP contribution is 2.32. The van der Waals surface area contributed by atoms with Crippen LogP contribution < -0.4 is 11.1 Å². The van der Waals surface area contributed by atoms with Crippen LogP contribution in [-0.2, 0) is 0 Å². The first-order valence-corrected chi connectivity index (χ1v) is 9.64. The van der Waals surface area contributed by atoms with E-state index >= 15 is 0 Å². The van der Waals surface area contributed by atoms with Gasteiger partial charge in [0, 0.05) is 30.7 Å². The normalized spacial score (nSPS) is 27.7. The first-order valence-electron chi connectivity index (χ1n) is 9.64. The monoisotopic (exact) mass is 322 g/mol. The number of likely N-dealkylation sites (tertiary alicyclic amines) is 1. The van der Waals surface area contributed by atoms with E-state index in [4.69, 9.17) is 5.73 Å². The minimum absolute atomic E-state index is 0.191. The van der Waals surface area contributed by atoms with Crippen molar-refractivity contribution in [2.75, 3.05) is 26.2 Å². The Labute approximate surface area is 140 Å². The summed E-state index contributed by atoms with van der Waals surface area (Å²) in [6.07, 6.45) is 10.7. The molecule has 1 aliphatic carbocycles. The third-order valence-electron chi connectivity index (χ3n) is 6.52. The number of hydrogen-bond acceptors (Lipinski definition) is 3. The van der Waals surface area contributed by atoms with Gasteiger partial charge in [-0.1, -0.05) is 19.3 Å². The molecule has 0 atom stereocenters. The van der Waals surface area contributed by atoms with Gasteiger partial charge in [-0.05, 0) is 58.5 Å². The molecule has 2 aliphatic heterocycles. The second-order valence-corrected chi connectivity index (χ2v) is 8.00. The van der Waals surface area contributed by atoms with Crippen molar-refractivity contribution >= 4 is 6.03 Å². The van der Waals surface area contributed by atoms with Gasteiger partial charge in [0.1, 0.15) is 0 Å². The molecule has 3 fully saturated rings. The van der Waals surface area contributed by atoms with Crippen LogP contribution in [0.1, 0.15) is 64.7 Å². The maximum Gasteiger partial charge on any atom is 0.315 e. The lowest BCUT2D eigenvalue weighted by atomic mass is 9.85. The topological polar surface area (TPSA) is 61.6 Å². The fraction of sp³-hybridized carbons (Fsp3) is 0.944. The third-order valence-corrected chi connectivity index (χ3v) is 6.52. The van der Waals surface area contributed by atoms with E-state index < -0.39 is 0 Å². The van der Waals surface area contributed by atoms with E-state index in [0.717, 1.165) is 51.9 Å². The van der Waals surface area contributed by atoms with Gasteiger partial charge in [-0.25, -0.2) is 4.79 Å². The Hall–Kier alpha value is -0.810. The van der Waals surface area contributed by atoms with Gasteiger partial charge in [-0.2, -0.15) is 0 Å². The van der Waals surface area contributed by atoms with Gasteiger partial charge in [0.2, 0.25) is 0 Å². The van der Waals surface area contributed by atoms with Gasteiger partial charge in [0.15, 0.2) is 0 Å². The van der Waals surface area contributed by atoms with Crippen molar-refractivity contribution in [2.24, 2.45) is 5.73 Å². The number of primary amides is 1. The number of carbonyl (C=O) groups excluding carboxylic acids is 1. The molecular formula is C18H34N4O. The van der Waals surface area contributed by atoms with E-state index in [2.05, 4.69) is 22.0 Å². The highest BCUT2D eigenvalue weighted by molar-refractivity contribution is 5.72. The molecule has 0 aromatic rings. The maximum absolute atomic E-state index is 12.1. The van der Waals surface area contributed by atoms with E-state index in [1.54, 1.807) is 0 Å². The van der Waals surface area contributed by atoms with Gasteiger partial charge < -0.3 is 16.0 Å². The van der Waals surface area contributed by atoms with Gasteiger partial charge in [0.05, 0.1) is 0 Å². The fourth-order valence-electron chi connectivity index (χ4n) is 4.98. The minimum Gasteiger partial charge on any atom is -0.351 e. The summed E-state index contributed by atoms with van der Waals surface area (Å²) in [5.41, 5.74) is 6.11. The molecule has 3 rings (SSSR count). The molecule has 132 valence electrons. The van der Waals surface area contributed by atoms with Crippen LogP contribution in [-0.4, -0.2) is 59.6 Å². The quantitative estimate of drug-likeness (QED) is 0.838. The Kier molecular flexibility index (Phi) is 5.47. The molecule has 5 nitrogen and oxygen atoms in total. The summed E-state index contributed by atoms with van der Waals surface area (Å²) < 4.78 is 0. The van der Waals surface area contributed by atoms with Gasteiger partial charge >= 0.3 is 6.03 Å². The second-order valence-electron chi connectivity index (χ2n) is 8.00. The lowest BCUT2D eigenvalue weighted by Crippen LogP contribution is -2.59. The van der Waals surface area contributed by atoms with Crippen LogP contribution in [0.3, 0.4) is 0 Å². The Bertz CT molecular complexity index is 394. The van der Waals surface area contributed by atoms with Crippen LogP contribution in [0, 0.1) is 0 Å². The van der Waals surface area contributed by atoms with Crippen molar-refractivity contribution in [3.05, 3.63) is 0 Å². The summed E-state index contributed by atoms with van der Waals surface area (Å²) in [6, 6.07) is 0.563. The number of nitrogens with one attached hydrogen (secondary N) is 1. The average molecular weight is 322 g/mol. The predicted octanol–water partition coefficient (Wildman–Crippen LogP) is 2.31. The zero-order valence-electron chi connectivity index (χ0n) is 14.7. The molecule has 2 amide bonds. The standard InChI is InChI=1S/C18H34N4O/c1-18(9-11-20-12-10-18)21-13-7-16(8-14-21)22(17(19)23)15-5-3-2-4-6-15/h15-16,20H,2-14H2,1H3,(H2,19,23). The van der Waals surface area contributed by atoms with Crippen LogP contribution >= 0.6 is 0 Å². The molecule has 0 bridgehead atoms. The van der Waals surface area contributed by atoms with Crippen molar-refractivity contribution in [1.29, 1.82) is 0 Å². The summed E-state index contributed by atoms with van der Waals surface area (Å²) in [6.45, 7) is 6.90. The Morgan fingerprint density at radius 2 is 1.61 bits per heavy atom. The van der Waals surface area contributed by atoms with Crippen molar-refractivity contribution in [3.63, 3.8) is 0 Å². The second kappa shape index (κ2) is 7.39. The molecule has 0 spiro atoms. The van der Waals surface area contributed by atoms with Crippen molar-refractivity contribution in [2.45, 2.75) is 82.3 Å². The zero-order valence-corrected chi connectivity index (χ0v) is 14.7. The van der Waals surface area contributed by atoms with Crippen molar-refractivity contribution in [1.82, 2.24) is 15.1 Å². The van der Waals surface area contributed by atoms with Gasteiger partial charge in [0.25, 0.3) is 0 Å². The smallest absolute Gasteiger partial charge is 0.315 e. The number of hydrogen-bond donors (Lipinski definition) is 2. The molecule has 0 radical (unpaired) electrons. The highest BCUT2D eigenvalue weighted by Gasteiger charge is 2.38. The molecule has 1 saturated carbocycles. The number of amides is 2. The molecule has 0 aromatic carbocycles. The number of rotatable bonds is 3. The van der Waals surface area contributed by atoms with Crippen molar-refractivity contribution < 1.29 is 4.79 Å². The van der Waals surface area contributed by atoms with E-state index in [1.165, 1.54) is 32.1 Å². The molecule has 2 saturated heterocycles. The molecule has 3 N–H and O–H groups in total. The number of urea groups is 1. The molecular weight excluding hydrogens is 288 g/mol. The van der Waals surface area contributed by atoms with Crippen molar-refractivity contribution in [3.8, 4) is 0 Å². The summed E-state index contributed by atoms with van der Waals surface area (Å²) in [5.74, 6) is 0. The molecule has 0 unspecified atom stereocenters.